The highest BCUT2D eigenvalue weighted by Gasteiger charge is 2.21. The van der Waals surface area contributed by atoms with Crippen LogP contribution in [-0.2, 0) is 4.74 Å². The molecule has 0 saturated carbocycles. The van der Waals surface area contributed by atoms with Gasteiger partial charge in [0.1, 0.15) is 11.6 Å². The first-order valence-corrected chi connectivity index (χ1v) is 8.31. The fraction of sp³-hybridized carbons (Fsp3) is 0.267. The van der Waals surface area contributed by atoms with Crippen molar-refractivity contribution in [2.24, 2.45) is 0 Å². The summed E-state index contributed by atoms with van der Waals surface area (Å²) in [5, 5.41) is 18.6. The zero-order valence-electron chi connectivity index (χ0n) is 12.0. The first-order chi connectivity index (χ1) is 11.2. The summed E-state index contributed by atoms with van der Waals surface area (Å²) < 4.78 is 7.96. The molecule has 8 heteroatoms. The first kappa shape index (κ1) is 14.5. The van der Waals surface area contributed by atoms with Crippen molar-refractivity contribution in [3.63, 3.8) is 0 Å². The zero-order valence-corrected chi connectivity index (χ0v) is 13.6. The molecule has 2 aromatic heterocycles. The fourth-order valence-electron chi connectivity index (χ4n) is 2.79. The van der Waals surface area contributed by atoms with Crippen LogP contribution in [0.1, 0.15) is 5.56 Å². The monoisotopic (exact) mass is 345 g/mol. The Balaban J connectivity index is 2.07. The minimum Gasteiger partial charge on any atom is -0.378 e. The lowest BCUT2D eigenvalue weighted by atomic mass is 10.2. The highest BCUT2D eigenvalue weighted by atomic mass is 35.5. The number of hydrogen-bond acceptors (Lipinski definition) is 6. The lowest BCUT2D eigenvalue weighted by Gasteiger charge is -2.28. The van der Waals surface area contributed by atoms with Gasteiger partial charge in [0.25, 0.3) is 0 Å². The standard InChI is InChI=1S/C15H12ClN5OS/c16-10-2-1-3-11-12(10)21-13(18)9(8-17)14(19-15(21)23-11)20-4-6-22-7-5-20/h1-3,18H,4-7H2. The molecule has 1 fully saturated rings. The van der Waals surface area contributed by atoms with Gasteiger partial charge in [0.05, 0.1) is 28.5 Å². The van der Waals surface area contributed by atoms with Crippen LogP contribution in [0.25, 0.3) is 15.2 Å². The second-order valence-electron chi connectivity index (χ2n) is 5.18. The molecule has 0 radical (unpaired) electrons. The molecule has 0 aliphatic carbocycles. The van der Waals surface area contributed by atoms with Crippen molar-refractivity contribution >= 4 is 43.9 Å². The summed E-state index contributed by atoms with van der Waals surface area (Å²) in [6.45, 7) is 2.54. The molecule has 4 rings (SSSR count). The van der Waals surface area contributed by atoms with E-state index in [1.165, 1.54) is 11.3 Å². The van der Waals surface area contributed by atoms with Gasteiger partial charge in [-0.15, -0.1) is 0 Å². The molecule has 3 aromatic rings. The Morgan fingerprint density at radius 2 is 2.13 bits per heavy atom. The van der Waals surface area contributed by atoms with Crippen molar-refractivity contribution in [3.05, 3.63) is 34.3 Å². The van der Waals surface area contributed by atoms with Crippen LogP contribution in [0.2, 0.25) is 5.02 Å². The van der Waals surface area contributed by atoms with Crippen LogP contribution >= 0.6 is 22.9 Å². The maximum absolute atomic E-state index is 9.56. The molecule has 0 atom stereocenters. The van der Waals surface area contributed by atoms with Crippen LogP contribution in [-0.4, -0.2) is 35.7 Å². The number of nitrogens with one attached hydrogen (secondary N) is 1. The minimum absolute atomic E-state index is 0.123. The van der Waals surface area contributed by atoms with Gasteiger partial charge in [-0.2, -0.15) is 5.26 Å². The van der Waals surface area contributed by atoms with E-state index in [0.717, 1.165) is 10.2 Å². The Hall–Kier alpha value is -2.14. The molecule has 0 spiro atoms. The molecule has 0 unspecified atom stereocenters. The number of hydrogen-bond donors (Lipinski definition) is 1. The molecule has 116 valence electrons. The number of thiazole rings is 1. The van der Waals surface area contributed by atoms with Gasteiger partial charge in [-0.25, -0.2) is 4.98 Å². The number of para-hydroxylation sites is 1. The lowest BCUT2D eigenvalue weighted by Crippen LogP contribution is -2.38. The predicted molar refractivity (Wildman–Crippen MR) is 89.2 cm³/mol. The van der Waals surface area contributed by atoms with Crippen molar-refractivity contribution in [1.82, 2.24) is 9.38 Å². The molecule has 1 aliphatic heterocycles. The van der Waals surface area contributed by atoms with E-state index >= 15 is 0 Å². The summed E-state index contributed by atoms with van der Waals surface area (Å²) >= 11 is 7.77. The Kier molecular flexibility index (Phi) is 3.45. The topological polar surface area (TPSA) is 77.4 Å². The summed E-state index contributed by atoms with van der Waals surface area (Å²) in [7, 11) is 0. The summed E-state index contributed by atoms with van der Waals surface area (Å²) in [5.74, 6) is 0.559. The number of fused-ring (bicyclic) bond motifs is 3. The van der Waals surface area contributed by atoms with Crippen molar-refractivity contribution in [2.75, 3.05) is 31.2 Å². The van der Waals surface area contributed by atoms with Gasteiger partial charge < -0.3 is 9.64 Å². The molecule has 0 amide bonds. The average Bonchev–Trinajstić information content (AvgIpc) is 2.95. The molecule has 1 N–H and O–H groups in total. The third-order valence-electron chi connectivity index (χ3n) is 3.87. The average molecular weight is 346 g/mol. The number of morpholine rings is 1. The number of nitrogens with zero attached hydrogens (tertiary/aromatic N) is 4. The molecule has 0 bridgehead atoms. The van der Waals surface area contributed by atoms with Gasteiger partial charge in [0.2, 0.25) is 0 Å². The Morgan fingerprint density at radius 3 is 2.87 bits per heavy atom. The Bertz CT molecular complexity index is 1010. The normalized spacial score (nSPS) is 15.2. The van der Waals surface area contributed by atoms with Crippen molar-refractivity contribution in [3.8, 4) is 6.07 Å². The second kappa shape index (κ2) is 5.49. The third kappa shape index (κ3) is 2.18. The lowest BCUT2D eigenvalue weighted by molar-refractivity contribution is 0.122. The number of benzene rings is 1. The van der Waals surface area contributed by atoms with E-state index in [1.54, 1.807) is 10.5 Å². The number of ether oxygens (including phenoxy) is 1. The molecule has 23 heavy (non-hydrogen) atoms. The van der Waals surface area contributed by atoms with Crippen molar-refractivity contribution < 1.29 is 4.74 Å². The molecule has 6 nitrogen and oxygen atoms in total. The van der Waals surface area contributed by atoms with Crippen LogP contribution in [0.5, 0.6) is 0 Å². The quantitative estimate of drug-likeness (QED) is 0.734. The van der Waals surface area contributed by atoms with Crippen LogP contribution in [0.4, 0.5) is 5.82 Å². The maximum atomic E-state index is 9.56. The van der Waals surface area contributed by atoms with Crippen molar-refractivity contribution in [1.29, 1.82) is 10.7 Å². The van der Waals surface area contributed by atoms with Gasteiger partial charge >= 0.3 is 0 Å². The maximum Gasteiger partial charge on any atom is 0.198 e. The summed E-state index contributed by atoms with van der Waals surface area (Å²) in [5.41, 5.74) is 1.12. The molecule has 1 aromatic carbocycles. The number of aromatic nitrogens is 2. The Labute approximate surface area is 140 Å². The highest BCUT2D eigenvalue weighted by Crippen LogP contribution is 2.31. The van der Waals surface area contributed by atoms with Gasteiger partial charge in [-0.1, -0.05) is 29.0 Å². The SMILES string of the molecule is N#Cc1c(N2CCOCC2)nc2sc3cccc(Cl)c3n2c1=N. The zero-order chi connectivity index (χ0) is 16.0. The van der Waals surface area contributed by atoms with Gasteiger partial charge in [0, 0.05) is 13.1 Å². The number of anilines is 1. The van der Waals surface area contributed by atoms with Crippen LogP contribution < -0.4 is 10.4 Å². The van der Waals surface area contributed by atoms with Gasteiger partial charge in [-0.3, -0.25) is 9.81 Å². The summed E-state index contributed by atoms with van der Waals surface area (Å²) in [6.07, 6.45) is 0. The van der Waals surface area contributed by atoms with E-state index in [1.807, 2.05) is 17.0 Å². The van der Waals surface area contributed by atoms with Crippen LogP contribution in [0.3, 0.4) is 0 Å². The molecule has 3 heterocycles. The second-order valence-corrected chi connectivity index (χ2v) is 6.59. The smallest absolute Gasteiger partial charge is 0.198 e. The first-order valence-electron chi connectivity index (χ1n) is 7.12. The van der Waals surface area contributed by atoms with Crippen molar-refractivity contribution in [2.45, 2.75) is 0 Å². The third-order valence-corrected chi connectivity index (χ3v) is 5.18. The van der Waals surface area contributed by atoms with E-state index in [-0.39, 0.29) is 11.1 Å². The number of nitriles is 1. The van der Waals surface area contributed by atoms with E-state index in [0.29, 0.717) is 42.1 Å². The van der Waals surface area contributed by atoms with Crippen LogP contribution in [0, 0.1) is 16.7 Å². The fourth-order valence-corrected chi connectivity index (χ4v) is 4.15. The van der Waals surface area contributed by atoms with E-state index < -0.39 is 0 Å². The Morgan fingerprint density at radius 1 is 1.35 bits per heavy atom. The number of rotatable bonds is 1. The van der Waals surface area contributed by atoms with Gasteiger partial charge in [0.15, 0.2) is 16.3 Å². The summed E-state index contributed by atoms with van der Waals surface area (Å²) in [4.78, 5) is 7.33. The molecule has 1 aliphatic rings. The molecule has 1 saturated heterocycles. The predicted octanol–water partition coefficient (Wildman–Crippen LogP) is 2.39. The largest absolute Gasteiger partial charge is 0.378 e. The number of halogens is 1. The van der Waals surface area contributed by atoms with E-state index in [4.69, 9.17) is 21.7 Å². The molecular weight excluding hydrogens is 334 g/mol. The molecular formula is C15H12ClN5OS. The summed E-state index contributed by atoms with van der Waals surface area (Å²) in [6, 6.07) is 7.74. The van der Waals surface area contributed by atoms with E-state index in [9.17, 15) is 5.26 Å². The highest BCUT2D eigenvalue weighted by molar-refractivity contribution is 7.23. The van der Waals surface area contributed by atoms with E-state index in [2.05, 4.69) is 11.1 Å². The minimum atomic E-state index is 0.123. The van der Waals surface area contributed by atoms with Crippen LogP contribution in [0.15, 0.2) is 18.2 Å². The van der Waals surface area contributed by atoms with Gasteiger partial charge in [-0.05, 0) is 12.1 Å².